The molecule has 1 N–H and O–H groups in total. The first-order valence-electron chi connectivity index (χ1n) is 8.37. The van der Waals surface area contributed by atoms with Crippen molar-refractivity contribution in [2.45, 2.75) is 25.0 Å². The molecule has 3 heterocycles. The lowest BCUT2D eigenvalue weighted by molar-refractivity contribution is -0.169. The Bertz CT molecular complexity index is 629. The fourth-order valence-corrected chi connectivity index (χ4v) is 3.56. The molecule has 23 heavy (non-hydrogen) atoms. The van der Waals surface area contributed by atoms with Crippen LogP contribution < -0.4 is 0 Å². The zero-order chi connectivity index (χ0) is 15.5. The second-order valence-corrected chi connectivity index (χ2v) is 6.54. The predicted molar refractivity (Wildman–Crippen MR) is 88.0 cm³/mol. The van der Waals surface area contributed by atoms with E-state index < -0.39 is 0 Å². The summed E-state index contributed by atoms with van der Waals surface area (Å²) in [6.07, 6.45) is 2.19. The molecule has 0 bridgehead atoms. The fraction of sp³-hybridized carbons (Fsp3) is 0.500. The smallest absolute Gasteiger partial charge is 0.104 e. The standard InChI is InChI=1S/C18H23N3O2/c1-2-5-15(6-3-1)17-11-16(19-20-17)12-21-8-10-23-18(13-21)7-4-9-22-14-18/h1-3,5-6,11H,4,7-10,12-14H2,(H,19,20). The lowest BCUT2D eigenvalue weighted by Crippen LogP contribution is -2.55. The van der Waals surface area contributed by atoms with Crippen LogP contribution in [0.15, 0.2) is 36.4 Å². The van der Waals surface area contributed by atoms with Crippen LogP contribution in [-0.2, 0) is 16.0 Å². The highest BCUT2D eigenvalue weighted by atomic mass is 16.5. The van der Waals surface area contributed by atoms with Crippen LogP contribution in [0.4, 0.5) is 0 Å². The third-order valence-corrected chi connectivity index (χ3v) is 4.71. The summed E-state index contributed by atoms with van der Waals surface area (Å²) in [4.78, 5) is 2.44. The molecule has 0 saturated carbocycles. The first-order valence-corrected chi connectivity index (χ1v) is 8.37. The molecule has 5 nitrogen and oxygen atoms in total. The molecule has 4 rings (SSSR count). The van der Waals surface area contributed by atoms with E-state index in [2.05, 4.69) is 33.3 Å². The second-order valence-electron chi connectivity index (χ2n) is 6.54. The van der Waals surface area contributed by atoms with E-state index in [0.717, 1.165) is 69.2 Å². The maximum absolute atomic E-state index is 6.06. The maximum atomic E-state index is 6.06. The second kappa shape index (κ2) is 6.43. The zero-order valence-electron chi connectivity index (χ0n) is 13.3. The largest absolute Gasteiger partial charge is 0.378 e. The Kier molecular flexibility index (Phi) is 4.16. The Balaban J connectivity index is 1.43. The van der Waals surface area contributed by atoms with Gasteiger partial charge in [-0.05, 0) is 18.9 Å². The molecule has 122 valence electrons. The van der Waals surface area contributed by atoms with Gasteiger partial charge in [-0.3, -0.25) is 10.00 Å². The molecule has 1 spiro atoms. The number of aromatic amines is 1. The first kappa shape index (κ1) is 14.9. The summed E-state index contributed by atoms with van der Waals surface area (Å²) < 4.78 is 11.7. The molecule has 1 aromatic heterocycles. The van der Waals surface area contributed by atoms with Gasteiger partial charge in [-0.15, -0.1) is 0 Å². The van der Waals surface area contributed by atoms with Crippen LogP contribution in [0.1, 0.15) is 18.5 Å². The molecule has 0 radical (unpaired) electrons. The van der Waals surface area contributed by atoms with Crippen molar-refractivity contribution in [3.05, 3.63) is 42.1 Å². The van der Waals surface area contributed by atoms with Crippen molar-refractivity contribution in [2.24, 2.45) is 0 Å². The SMILES string of the molecule is c1ccc(-c2cc(CN3CCOC4(CCCOC4)C3)[nH]n2)cc1. The molecule has 1 unspecified atom stereocenters. The van der Waals surface area contributed by atoms with Gasteiger partial charge in [-0.2, -0.15) is 5.10 Å². The van der Waals surface area contributed by atoms with Gasteiger partial charge in [-0.25, -0.2) is 0 Å². The summed E-state index contributed by atoms with van der Waals surface area (Å²) in [5, 5.41) is 7.63. The van der Waals surface area contributed by atoms with E-state index in [-0.39, 0.29) is 5.60 Å². The number of ether oxygens (including phenoxy) is 2. The van der Waals surface area contributed by atoms with E-state index in [1.54, 1.807) is 0 Å². The van der Waals surface area contributed by atoms with Crippen LogP contribution in [0.25, 0.3) is 11.3 Å². The minimum absolute atomic E-state index is 0.0984. The number of rotatable bonds is 3. The van der Waals surface area contributed by atoms with Crippen LogP contribution in [0.2, 0.25) is 0 Å². The lowest BCUT2D eigenvalue weighted by atomic mass is 9.94. The van der Waals surface area contributed by atoms with Crippen molar-refractivity contribution in [2.75, 3.05) is 32.9 Å². The van der Waals surface area contributed by atoms with Gasteiger partial charge in [0.2, 0.25) is 0 Å². The average Bonchev–Trinajstić information content (AvgIpc) is 3.05. The minimum Gasteiger partial charge on any atom is -0.378 e. The van der Waals surface area contributed by atoms with Gasteiger partial charge < -0.3 is 9.47 Å². The normalized spacial score (nSPS) is 25.7. The number of morpholine rings is 1. The van der Waals surface area contributed by atoms with E-state index in [1.807, 2.05) is 18.2 Å². The number of aromatic nitrogens is 2. The molecule has 1 atom stereocenters. The summed E-state index contributed by atoms with van der Waals surface area (Å²) in [7, 11) is 0. The van der Waals surface area contributed by atoms with Gasteiger partial charge >= 0.3 is 0 Å². The Labute approximate surface area is 136 Å². The highest BCUT2D eigenvalue weighted by molar-refractivity contribution is 5.58. The molecule has 2 fully saturated rings. The first-order chi connectivity index (χ1) is 11.3. The predicted octanol–water partition coefficient (Wildman–Crippen LogP) is 2.46. The minimum atomic E-state index is -0.0984. The quantitative estimate of drug-likeness (QED) is 0.946. The van der Waals surface area contributed by atoms with Crippen molar-refractivity contribution in [1.82, 2.24) is 15.1 Å². The average molecular weight is 313 g/mol. The van der Waals surface area contributed by atoms with Gasteiger partial charge in [-0.1, -0.05) is 30.3 Å². The number of H-pyrrole nitrogens is 1. The fourth-order valence-electron chi connectivity index (χ4n) is 3.56. The van der Waals surface area contributed by atoms with Crippen LogP contribution >= 0.6 is 0 Å². The Morgan fingerprint density at radius 1 is 1.22 bits per heavy atom. The van der Waals surface area contributed by atoms with Gasteiger partial charge in [0.05, 0.1) is 18.9 Å². The number of hydrogen-bond acceptors (Lipinski definition) is 4. The van der Waals surface area contributed by atoms with Gasteiger partial charge in [0.15, 0.2) is 0 Å². The van der Waals surface area contributed by atoms with E-state index in [1.165, 1.54) is 0 Å². The molecule has 1 aromatic carbocycles. The van der Waals surface area contributed by atoms with Crippen LogP contribution in [0.5, 0.6) is 0 Å². The third-order valence-electron chi connectivity index (χ3n) is 4.71. The van der Waals surface area contributed by atoms with Gasteiger partial charge in [0.25, 0.3) is 0 Å². The molecule has 2 saturated heterocycles. The summed E-state index contributed by atoms with van der Waals surface area (Å²) in [6, 6.07) is 12.4. The molecule has 0 aliphatic carbocycles. The number of nitrogens with one attached hydrogen (secondary N) is 1. The van der Waals surface area contributed by atoms with Crippen molar-refractivity contribution in [3.8, 4) is 11.3 Å². The number of benzene rings is 1. The summed E-state index contributed by atoms with van der Waals surface area (Å²) in [5.74, 6) is 0. The number of hydrogen-bond donors (Lipinski definition) is 1. The molecule has 2 aliphatic heterocycles. The third kappa shape index (κ3) is 3.32. The molecule has 0 amide bonds. The van der Waals surface area contributed by atoms with Crippen LogP contribution in [0, 0.1) is 0 Å². The Morgan fingerprint density at radius 2 is 2.13 bits per heavy atom. The highest BCUT2D eigenvalue weighted by Crippen LogP contribution is 2.28. The monoisotopic (exact) mass is 313 g/mol. The summed E-state index contributed by atoms with van der Waals surface area (Å²) in [6.45, 7) is 5.15. The van der Waals surface area contributed by atoms with Gasteiger partial charge in [0.1, 0.15) is 5.60 Å². The molecule has 2 aliphatic rings. The highest BCUT2D eigenvalue weighted by Gasteiger charge is 2.38. The molecular weight excluding hydrogens is 290 g/mol. The van der Waals surface area contributed by atoms with Crippen LogP contribution in [-0.4, -0.2) is 53.6 Å². The van der Waals surface area contributed by atoms with Crippen molar-refractivity contribution < 1.29 is 9.47 Å². The number of nitrogens with zero attached hydrogens (tertiary/aromatic N) is 2. The van der Waals surface area contributed by atoms with E-state index >= 15 is 0 Å². The Hall–Kier alpha value is -1.69. The van der Waals surface area contributed by atoms with Crippen molar-refractivity contribution in [1.29, 1.82) is 0 Å². The van der Waals surface area contributed by atoms with Gasteiger partial charge in [0, 0.05) is 37.5 Å². The lowest BCUT2D eigenvalue weighted by Gasteiger charge is -2.44. The summed E-state index contributed by atoms with van der Waals surface area (Å²) >= 11 is 0. The summed E-state index contributed by atoms with van der Waals surface area (Å²) in [5.41, 5.74) is 3.20. The Morgan fingerprint density at radius 3 is 2.96 bits per heavy atom. The zero-order valence-corrected chi connectivity index (χ0v) is 13.3. The molecular formula is C18H23N3O2. The van der Waals surface area contributed by atoms with E-state index in [0.29, 0.717) is 0 Å². The van der Waals surface area contributed by atoms with E-state index in [4.69, 9.17) is 9.47 Å². The maximum Gasteiger partial charge on any atom is 0.104 e. The molecule has 5 heteroatoms. The van der Waals surface area contributed by atoms with E-state index in [9.17, 15) is 0 Å². The van der Waals surface area contributed by atoms with Crippen molar-refractivity contribution >= 4 is 0 Å². The topological polar surface area (TPSA) is 50.4 Å². The van der Waals surface area contributed by atoms with Crippen LogP contribution in [0.3, 0.4) is 0 Å². The molecule has 2 aromatic rings. The van der Waals surface area contributed by atoms with Crippen molar-refractivity contribution in [3.63, 3.8) is 0 Å².